The van der Waals surface area contributed by atoms with Crippen molar-refractivity contribution in [1.82, 2.24) is 4.90 Å². The summed E-state index contributed by atoms with van der Waals surface area (Å²) in [5, 5.41) is 0. The molecule has 3 heteroatoms. The second-order valence-corrected chi connectivity index (χ2v) is 3.31. The molecule has 3 atom stereocenters. The first-order chi connectivity index (χ1) is 4.72. The zero-order chi connectivity index (χ0) is 7.30. The van der Waals surface area contributed by atoms with Gasteiger partial charge in [0.2, 0.25) is 5.91 Å². The predicted molar refractivity (Wildman–Crippen MR) is 37.3 cm³/mol. The monoisotopic (exact) mass is 140 g/mol. The Kier molecular flexibility index (Phi) is 1.06. The van der Waals surface area contributed by atoms with Crippen molar-refractivity contribution < 1.29 is 4.79 Å². The van der Waals surface area contributed by atoms with E-state index in [-0.39, 0.29) is 11.9 Å². The Morgan fingerprint density at radius 2 is 2.40 bits per heavy atom. The fourth-order valence-electron chi connectivity index (χ4n) is 2.03. The summed E-state index contributed by atoms with van der Waals surface area (Å²) in [6.07, 6.45) is 1.13. The molecule has 2 rings (SSSR count). The molecule has 2 saturated heterocycles. The highest BCUT2D eigenvalue weighted by Gasteiger charge is 2.50. The van der Waals surface area contributed by atoms with Gasteiger partial charge in [0.05, 0.1) is 6.04 Å². The summed E-state index contributed by atoms with van der Waals surface area (Å²) in [5.41, 5.74) is 5.61. The lowest BCUT2D eigenvalue weighted by atomic mass is 9.90. The maximum Gasteiger partial charge on any atom is 0.241 e. The van der Waals surface area contributed by atoms with E-state index in [0.717, 1.165) is 13.0 Å². The quantitative estimate of drug-likeness (QED) is 0.464. The first-order valence-electron chi connectivity index (χ1n) is 3.78. The van der Waals surface area contributed by atoms with Crippen molar-refractivity contribution in [2.24, 2.45) is 11.7 Å². The number of nitrogens with two attached hydrogens (primary N) is 1. The van der Waals surface area contributed by atoms with E-state index in [2.05, 4.69) is 6.92 Å². The summed E-state index contributed by atoms with van der Waals surface area (Å²) >= 11 is 0. The average Bonchev–Trinajstić information content (AvgIpc) is 2.27. The largest absolute Gasteiger partial charge is 0.336 e. The van der Waals surface area contributed by atoms with Crippen molar-refractivity contribution in [2.75, 3.05) is 6.54 Å². The van der Waals surface area contributed by atoms with Crippen LogP contribution in [0, 0.1) is 5.92 Å². The third-order valence-electron chi connectivity index (χ3n) is 2.70. The minimum absolute atomic E-state index is 0.148. The van der Waals surface area contributed by atoms with Crippen LogP contribution in [0.1, 0.15) is 13.3 Å². The highest BCUT2D eigenvalue weighted by molar-refractivity contribution is 5.89. The van der Waals surface area contributed by atoms with E-state index < -0.39 is 0 Å². The summed E-state index contributed by atoms with van der Waals surface area (Å²) < 4.78 is 0. The van der Waals surface area contributed by atoms with Crippen molar-refractivity contribution in [3.05, 3.63) is 0 Å². The van der Waals surface area contributed by atoms with E-state index in [1.165, 1.54) is 0 Å². The number of nitrogens with zero attached hydrogens (tertiary/aromatic N) is 1. The van der Waals surface area contributed by atoms with E-state index in [0.29, 0.717) is 12.0 Å². The highest BCUT2D eigenvalue weighted by Crippen LogP contribution is 2.33. The minimum Gasteiger partial charge on any atom is -0.336 e. The van der Waals surface area contributed by atoms with E-state index in [1.807, 2.05) is 4.90 Å². The van der Waals surface area contributed by atoms with Gasteiger partial charge in [0.1, 0.15) is 6.04 Å². The second kappa shape index (κ2) is 1.72. The summed E-state index contributed by atoms with van der Waals surface area (Å²) in [6.45, 7) is 3.09. The molecule has 2 aliphatic heterocycles. The van der Waals surface area contributed by atoms with Crippen molar-refractivity contribution in [2.45, 2.75) is 25.4 Å². The lowest BCUT2D eigenvalue weighted by molar-refractivity contribution is -0.146. The van der Waals surface area contributed by atoms with Crippen LogP contribution >= 0.6 is 0 Å². The molecular formula is C7H12N2O. The Bertz CT molecular complexity index is 180. The number of carbonyl (C=O) groups excluding carboxylic acids is 1. The molecule has 0 aromatic heterocycles. The number of rotatable bonds is 0. The number of amides is 1. The molecule has 0 spiro atoms. The Balaban J connectivity index is 2.16. The standard InChI is InChI=1S/C7H12N2O/c1-4-2-3-9-6(4)5(8)7(9)10/h4-6H,2-3,8H2,1H3/t4?,5?,6-/m1/s1. The van der Waals surface area contributed by atoms with Crippen molar-refractivity contribution in [1.29, 1.82) is 0 Å². The smallest absolute Gasteiger partial charge is 0.241 e. The van der Waals surface area contributed by atoms with Crippen LogP contribution in [0.25, 0.3) is 0 Å². The van der Waals surface area contributed by atoms with Crippen LogP contribution in [-0.4, -0.2) is 29.4 Å². The molecule has 10 heavy (non-hydrogen) atoms. The Labute approximate surface area is 60.2 Å². The van der Waals surface area contributed by atoms with E-state index >= 15 is 0 Å². The fourth-order valence-corrected chi connectivity index (χ4v) is 2.03. The molecule has 3 nitrogen and oxygen atoms in total. The molecule has 0 aliphatic carbocycles. The predicted octanol–water partition coefficient (Wildman–Crippen LogP) is -0.436. The molecule has 0 aromatic carbocycles. The average molecular weight is 140 g/mol. The lowest BCUT2D eigenvalue weighted by Crippen LogP contribution is -2.67. The number of carbonyl (C=O) groups is 1. The Morgan fingerprint density at radius 1 is 1.70 bits per heavy atom. The van der Waals surface area contributed by atoms with Crippen LogP contribution in [0.5, 0.6) is 0 Å². The zero-order valence-corrected chi connectivity index (χ0v) is 6.08. The molecule has 2 N–H and O–H groups in total. The first kappa shape index (κ1) is 6.16. The number of hydrogen-bond donors (Lipinski definition) is 1. The van der Waals surface area contributed by atoms with Gasteiger partial charge in [-0.05, 0) is 12.3 Å². The van der Waals surface area contributed by atoms with E-state index in [1.54, 1.807) is 0 Å². The van der Waals surface area contributed by atoms with Gasteiger partial charge in [-0.1, -0.05) is 6.92 Å². The van der Waals surface area contributed by atoms with Crippen molar-refractivity contribution in [3.63, 3.8) is 0 Å². The van der Waals surface area contributed by atoms with E-state index in [4.69, 9.17) is 5.73 Å². The molecule has 0 bridgehead atoms. The third kappa shape index (κ3) is 0.515. The van der Waals surface area contributed by atoms with Crippen molar-refractivity contribution >= 4 is 5.91 Å². The molecule has 0 radical (unpaired) electrons. The van der Waals surface area contributed by atoms with Gasteiger partial charge in [0.15, 0.2) is 0 Å². The zero-order valence-electron chi connectivity index (χ0n) is 6.08. The molecule has 56 valence electrons. The van der Waals surface area contributed by atoms with Crippen LogP contribution in [0.3, 0.4) is 0 Å². The molecule has 2 unspecified atom stereocenters. The van der Waals surface area contributed by atoms with Gasteiger partial charge >= 0.3 is 0 Å². The van der Waals surface area contributed by atoms with Gasteiger partial charge in [0, 0.05) is 6.54 Å². The molecule has 2 aliphatic rings. The lowest BCUT2D eigenvalue weighted by Gasteiger charge is -2.42. The van der Waals surface area contributed by atoms with Crippen LogP contribution in [0.2, 0.25) is 0 Å². The molecule has 2 fully saturated rings. The van der Waals surface area contributed by atoms with Crippen LogP contribution < -0.4 is 5.73 Å². The van der Waals surface area contributed by atoms with Gasteiger partial charge in [0.25, 0.3) is 0 Å². The van der Waals surface area contributed by atoms with Crippen LogP contribution in [0.15, 0.2) is 0 Å². The van der Waals surface area contributed by atoms with Crippen molar-refractivity contribution in [3.8, 4) is 0 Å². The molecule has 2 heterocycles. The maximum absolute atomic E-state index is 11.0. The van der Waals surface area contributed by atoms with Gasteiger partial charge in [-0.3, -0.25) is 4.79 Å². The van der Waals surface area contributed by atoms with Gasteiger partial charge in [-0.2, -0.15) is 0 Å². The normalized spacial score (nSPS) is 45.2. The van der Waals surface area contributed by atoms with Crippen LogP contribution in [0.4, 0.5) is 0 Å². The number of β-lactam (4-membered cyclic amide) rings is 1. The molecule has 1 amide bonds. The molecular weight excluding hydrogens is 128 g/mol. The Morgan fingerprint density at radius 3 is 3.00 bits per heavy atom. The van der Waals surface area contributed by atoms with Gasteiger partial charge < -0.3 is 10.6 Å². The second-order valence-electron chi connectivity index (χ2n) is 3.31. The summed E-state index contributed by atoms with van der Waals surface area (Å²) in [6, 6.07) is 0.185. The van der Waals surface area contributed by atoms with E-state index in [9.17, 15) is 4.79 Å². The first-order valence-corrected chi connectivity index (χ1v) is 3.78. The third-order valence-corrected chi connectivity index (χ3v) is 2.70. The highest BCUT2D eigenvalue weighted by atomic mass is 16.2. The SMILES string of the molecule is CC1CCN2C(=O)C(N)[C@@H]12. The minimum atomic E-state index is -0.183. The Hall–Kier alpha value is -0.570. The summed E-state index contributed by atoms with van der Waals surface area (Å²) in [4.78, 5) is 12.9. The van der Waals surface area contributed by atoms with Crippen LogP contribution in [-0.2, 0) is 4.79 Å². The molecule has 0 aromatic rings. The summed E-state index contributed by atoms with van der Waals surface area (Å²) in [5.74, 6) is 0.766. The summed E-state index contributed by atoms with van der Waals surface area (Å²) in [7, 11) is 0. The molecule has 0 saturated carbocycles. The fraction of sp³-hybridized carbons (Fsp3) is 0.857. The maximum atomic E-state index is 11.0. The topological polar surface area (TPSA) is 46.3 Å². The number of hydrogen-bond acceptors (Lipinski definition) is 2. The van der Waals surface area contributed by atoms with Gasteiger partial charge in [-0.15, -0.1) is 0 Å². The van der Waals surface area contributed by atoms with Gasteiger partial charge in [-0.25, -0.2) is 0 Å². The number of fused-ring (bicyclic) bond motifs is 1.